The Morgan fingerprint density at radius 3 is 1.39 bits per heavy atom. The van der Waals surface area contributed by atoms with Gasteiger partial charge in [-0.05, 0) is 60.1 Å². The molecule has 18 heteroatoms. The fraction of sp³-hybridized carbons (Fsp3) is 0.816. The third-order valence-corrected chi connectivity index (χ3v) is 23.7. The molecule has 1 amide bonds. The zero-order valence-electron chi connectivity index (χ0n) is 32.3. The van der Waals surface area contributed by atoms with Gasteiger partial charge in [-0.25, -0.2) is 0 Å². The van der Waals surface area contributed by atoms with Crippen molar-refractivity contribution >= 4 is 106 Å². The van der Waals surface area contributed by atoms with Gasteiger partial charge in [0.15, 0.2) is 2.74 Å². The molecule has 0 bridgehead atoms. The Morgan fingerprint density at radius 2 is 0.946 bits per heavy atom. The molecule has 2 heterocycles. The summed E-state index contributed by atoms with van der Waals surface area (Å²) in [5, 5.41) is 40.4. The van der Waals surface area contributed by atoms with Crippen molar-refractivity contribution in [2.45, 2.75) is 168 Å². The number of carbonyl (C=O) groups excluding carboxylic acids is 3. The van der Waals surface area contributed by atoms with Crippen LogP contribution in [0.2, 0.25) is 0 Å². The molecule has 2 aliphatic rings. The summed E-state index contributed by atoms with van der Waals surface area (Å²) in [4.78, 5) is 83.6. The number of carbonyl (C=O) groups is 7. The molecule has 2 aliphatic heterocycles. The van der Waals surface area contributed by atoms with E-state index in [9.17, 15) is 48.9 Å². The molecular formula is C38H63NO11S6. The number of Topliss-reactive ketones (excluding diaryl/α,β-unsaturated/α-hetero) is 2. The maximum absolute atomic E-state index is 12.7. The second-order valence-electron chi connectivity index (χ2n) is 14.7. The lowest BCUT2D eigenvalue weighted by molar-refractivity contribution is -0.145. The Hall–Kier alpha value is -1.21. The van der Waals surface area contributed by atoms with Crippen molar-refractivity contribution in [2.24, 2.45) is 17.8 Å². The third-order valence-electron chi connectivity index (χ3n) is 9.85. The number of aliphatic carboxylic acids is 4. The van der Waals surface area contributed by atoms with E-state index in [0.717, 1.165) is 44.9 Å². The second kappa shape index (κ2) is 29.9. The number of hydrogen-bond acceptors (Lipinski definition) is 13. The minimum absolute atomic E-state index is 0. The summed E-state index contributed by atoms with van der Waals surface area (Å²) in [5.74, 6) is -7.38. The van der Waals surface area contributed by atoms with E-state index in [-0.39, 0.29) is 65.4 Å². The summed E-state index contributed by atoms with van der Waals surface area (Å²) in [6.45, 7) is 0.339. The van der Waals surface area contributed by atoms with E-state index in [4.69, 9.17) is 5.11 Å². The number of amides is 1. The van der Waals surface area contributed by atoms with Crippen molar-refractivity contribution in [3.8, 4) is 0 Å². The van der Waals surface area contributed by atoms with Gasteiger partial charge in [0.05, 0.1) is 22.3 Å². The normalized spacial score (nSPS) is 16.5. The van der Waals surface area contributed by atoms with Gasteiger partial charge >= 0.3 is 23.9 Å². The van der Waals surface area contributed by atoms with E-state index >= 15 is 0 Å². The quantitative estimate of drug-likeness (QED) is 0.0225. The van der Waals surface area contributed by atoms with E-state index < -0.39 is 47.4 Å². The molecule has 2 fully saturated rings. The van der Waals surface area contributed by atoms with Crippen LogP contribution in [0.3, 0.4) is 0 Å². The van der Waals surface area contributed by atoms with Gasteiger partial charge in [-0.2, -0.15) is 0 Å². The van der Waals surface area contributed by atoms with Crippen LogP contribution in [0.1, 0.15) is 162 Å². The highest BCUT2D eigenvalue weighted by atomic mass is 33.2. The van der Waals surface area contributed by atoms with Gasteiger partial charge in [0.25, 0.3) is 0 Å². The van der Waals surface area contributed by atoms with Crippen LogP contribution in [0.5, 0.6) is 0 Å². The maximum Gasteiger partial charge on any atom is 0.308 e. The van der Waals surface area contributed by atoms with Crippen molar-refractivity contribution in [3.63, 3.8) is 0 Å². The summed E-state index contributed by atoms with van der Waals surface area (Å²) in [5.41, 5.74) is 0. The average molecular weight is 902 g/mol. The van der Waals surface area contributed by atoms with E-state index in [1.165, 1.54) is 38.5 Å². The zero-order chi connectivity index (χ0) is 41.2. The highest BCUT2D eigenvalue weighted by molar-refractivity contribution is 9.14. The molecule has 2 rings (SSSR count). The fourth-order valence-corrected chi connectivity index (χ4v) is 20.2. The first-order valence-corrected chi connectivity index (χ1v) is 26.7. The molecular weight excluding hydrogens is 839 g/mol. The lowest BCUT2D eigenvalue weighted by atomic mass is 9.90. The van der Waals surface area contributed by atoms with Crippen LogP contribution in [0.25, 0.3) is 0 Å². The number of unbranched alkanes of at least 4 members (excludes halogenated alkanes) is 14. The van der Waals surface area contributed by atoms with E-state index in [1.54, 1.807) is 64.8 Å². The lowest BCUT2D eigenvalue weighted by Gasteiger charge is -2.27. The van der Waals surface area contributed by atoms with Crippen molar-refractivity contribution < 1.29 is 55.4 Å². The Labute approximate surface area is 357 Å². The monoisotopic (exact) mass is 901 g/mol. The number of ketones is 2. The molecule has 3 atom stereocenters. The lowest BCUT2D eigenvalue weighted by Crippen LogP contribution is -2.27. The van der Waals surface area contributed by atoms with Crippen LogP contribution in [0.15, 0.2) is 0 Å². The van der Waals surface area contributed by atoms with E-state index in [2.05, 4.69) is 5.32 Å². The van der Waals surface area contributed by atoms with Gasteiger partial charge in [-0.15, -0.1) is 0 Å². The van der Waals surface area contributed by atoms with Crippen molar-refractivity contribution in [1.29, 1.82) is 0 Å². The average Bonchev–Trinajstić information content (AvgIpc) is 3.91. The highest BCUT2D eigenvalue weighted by Gasteiger charge is 2.53. The van der Waals surface area contributed by atoms with Crippen LogP contribution in [0.4, 0.5) is 0 Å². The molecule has 0 aromatic rings. The number of carboxylic acid groups (broad SMARTS) is 4. The van der Waals surface area contributed by atoms with Crippen LogP contribution in [0, 0.1) is 17.8 Å². The number of carboxylic acids is 4. The van der Waals surface area contributed by atoms with Crippen LogP contribution >= 0.6 is 64.8 Å². The minimum atomic E-state index is -1.20. The Balaban J connectivity index is 0.0000162. The van der Waals surface area contributed by atoms with E-state index in [0.29, 0.717) is 38.6 Å². The van der Waals surface area contributed by atoms with Gasteiger partial charge in [0.1, 0.15) is 11.6 Å². The smallest absolute Gasteiger partial charge is 0.308 e. The summed E-state index contributed by atoms with van der Waals surface area (Å²) in [6, 6.07) is 0. The summed E-state index contributed by atoms with van der Waals surface area (Å²) in [6.07, 6.45) is 16.4. The molecule has 0 radical (unpaired) electrons. The molecule has 2 saturated heterocycles. The predicted molar refractivity (Wildman–Crippen MR) is 234 cm³/mol. The first-order chi connectivity index (χ1) is 26.8. The predicted octanol–water partition coefficient (Wildman–Crippen LogP) is 10.5. The number of nitrogens with one attached hydrogen (secondary N) is 1. The Kier molecular flexibility index (Phi) is 27.2. The van der Waals surface area contributed by atoms with Gasteiger partial charge in [0.2, 0.25) is 5.91 Å². The Bertz CT molecular complexity index is 1250. The number of rotatable bonds is 36. The SMILES string of the molecule is O=C(O)CCCCCCCCCCCCCCCCC(=O)C[C@@H](CCC(=O)C[C@@H](CCC(=O)NCCCC[C@@H](C(=O)O)C1SSC2(SS1)SS2)C(=O)O)C(=O)O.[HH]. The summed E-state index contributed by atoms with van der Waals surface area (Å²) < 4.78 is 0.0580. The molecule has 56 heavy (non-hydrogen) atoms. The number of hydrogen-bond donors (Lipinski definition) is 5. The standard InChI is InChI=1S/C38H61NO11S6.H2/c40-29(17-13-11-9-7-5-3-1-2-4-6-8-10-12-14-19-33(43)44)25-27(34(45)46)20-22-30(41)26-28(35(47)48)21-23-32(42)39-24-16-15-18-31(36(49)50)37-51-53-38(54-52-37)55-56-38;/h27-28,31,37H,1-26H2,(H,39,42)(H,43,44)(H,45,46)(H,47,48)(H,49,50);1H/t27-,28-,31+;/m1./s1. The van der Waals surface area contributed by atoms with Gasteiger partial charge in [-0.3, -0.25) is 33.6 Å². The first-order valence-electron chi connectivity index (χ1n) is 20.1. The van der Waals surface area contributed by atoms with Crippen LogP contribution in [-0.4, -0.2) is 75.6 Å². The molecule has 12 nitrogen and oxygen atoms in total. The summed E-state index contributed by atoms with van der Waals surface area (Å²) >= 11 is 0. The molecule has 1 spiro atoms. The third kappa shape index (κ3) is 24.0. The van der Waals surface area contributed by atoms with E-state index in [1.807, 2.05) is 0 Å². The largest absolute Gasteiger partial charge is 0.481 e. The van der Waals surface area contributed by atoms with Crippen molar-refractivity contribution in [3.05, 3.63) is 0 Å². The van der Waals surface area contributed by atoms with Crippen molar-refractivity contribution in [2.75, 3.05) is 6.54 Å². The Morgan fingerprint density at radius 1 is 0.500 bits per heavy atom. The van der Waals surface area contributed by atoms with Gasteiger partial charge < -0.3 is 25.7 Å². The fourth-order valence-electron chi connectivity index (χ4n) is 6.39. The molecule has 322 valence electrons. The first kappa shape index (κ1) is 50.9. The topological polar surface area (TPSA) is 212 Å². The van der Waals surface area contributed by atoms with Gasteiger partial charge in [0, 0.05) is 46.5 Å². The molecule has 0 saturated carbocycles. The zero-order valence-corrected chi connectivity index (χ0v) is 37.2. The van der Waals surface area contributed by atoms with Crippen LogP contribution < -0.4 is 5.32 Å². The molecule has 0 unspecified atom stereocenters. The maximum atomic E-state index is 12.7. The molecule has 0 aliphatic carbocycles. The van der Waals surface area contributed by atoms with Gasteiger partial charge in [-0.1, -0.05) is 127 Å². The summed E-state index contributed by atoms with van der Waals surface area (Å²) in [7, 11) is 10.3. The second-order valence-corrected chi connectivity index (χ2v) is 24.2. The molecule has 0 aromatic carbocycles. The molecule has 5 N–H and O–H groups in total. The minimum Gasteiger partial charge on any atom is -0.481 e. The van der Waals surface area contributed by atoms with Crippen LogP contribution in [-0.2, 0) is 33.6 Å². The van der Waals surface area contributed by atoms with Crippen molar-refractivity contribution in [1.82, 2.24) is 5.32 Å². The highest BCUT2D eigenvalue weighted by Crippen LogP contribution is 2.84. The molecule has 0 aromatic heterocycles.